The number of likely N-dealkylation sites (N-methyl/N-ethyl adjacent to an activating group) is 1. The van der Waals surface area contributed by atoms with Crippen LogP contribution in [-0.4, -0.2) is 38.4 Å². The van der Waals surface area contributed by atoms with Gasteiger partial charge in [-0.15, -0.1) is 10.2 Å². The summed E-state index contributed by atoms with van der Waals surface area (Å²) in [6.45, 7) is 2.94. The molecule has 0 N–H and O–H groups in total. The van der Waals surface area contributed by atoms with Crippen molar-refractivity contribution >= 4 is 11.7 Å². The van der Waals surface area contributed by atoms with Gasteiger partial charge >= 0.3 is 0 Å². The molecule has 2 aromatic rings. The van der Waals surface area contributed by atoms with Gasteiger partial charge in [0.2, 0.25) is 5.78 Å². The van der Waals surface area contributed by atoms with Crippen molar-refractivity contribution in [3.05, 3.63) is 48.0 Å². The second-order valence-corrected chi connectivity index (χ2v) is 4.39. The largest absolute Gasteiger partial charge is 0.331 e. The number of nitrogens with zero attached hydrogens (tertiary/aromatic N) is 4. The number of hydrogen-bond donors (Lipinski definition) is 0. The van der Waals surface area contributed by atoms with Crippen molar-refractivity contribution in [3.63, 3.8) is 0 Å². The number of carbonyl (C=O) groups excluding carboxylic acids is 2. The fraction of sp³-hybridized carbons (Fsp3) is 0.286. The van der Waals surface area contributed by atoms with Crippen LogP contribution in [0.5, 0.6) is 0 Å². The molecular formula is C14H16N4O2. The summed E-state index contributed by atoms with van der Waals surface area (Å²) in [5, 5.41) is 7.75. The van der Waals surface area contributed by atoms with Crippen molar-refractivity contribution in [3.8, 4) is 0 Å². The van der Waals surface area contributed by atoms with E-state index in [-0.39, 0.29) is 6.54 Å². The minimum Gasteiger partial charge on any atom is -0.331 e. The number of aryl methyl sites for hydroxylation is 1. The van der Waals surface area contributed by atoms with Crippen molar-refractivity contribution in [1.29, 1.82) is 0 Å². The van der Waals surface area contributed by atoms with E-state index in [9.17, 15) is 9.59 Å². The monoisotopic (exact) mass is 272 g/mol. The summed E-state index contributed by atoms with van der Waals surface area (Å²) in [6.07, 6.45) is 1.60. The average molecular weight is 272 g/mol. The van der Waals surface area contributed by atoms with Gasteiger partial charge in [0.25, 0.3) is 5.91 Å². The molecule has 0 aliphatic carbocycles. The third-order valence-electron chi connectivity index (χ3n) is 2.99. The zero-order valence-electron chi connectivity index (χ0n) is 11.5. The molecule has 6 nitrogen and oxygen atoms in total. The molecule has 0 fully saturated rings. The Kier molecular flexibility index (Phi) is 4.24. The zero-order valence-corrected chi connectivity index (χ0v) is 11.5. The van der Waals surface area contributed by atoms with Crippen LogP contribution in [0.1, 0.15) is 23.1 Å². The van der Waals surface area contributed by atoms with E-state index in [2.05, 4.69) is 10.2 Å². The maximum absolute atomic E-state index is 12.1. The number of Topliss-reactive ketones (excluding diaryl/α,β-unsaturated/α-hetero) is 1. The molecule has 1 amide bonds. The van der Waals surface area contributed by atoms with Gasteiger partial charge in [-0.1, -0.05) is 30.3 Å². The van der Waals surface area contributed by atoms with Gasteiger partial charge in [0.15, 0.2) is 5.82 Å². The number of amides is 1. The highest BCUT2D eigenvalue weighted by Gasteiger charge is 2.21. The molecule has 0 radical (unpaired) electrons. The van der Waals surface area contributed by atoms with Crippen LogP contribution in [0.15, 0.2) is 36.7 Å². The Balaban J connectivity index is 2.08. The smallest absolute Gasteiger partial charge is 0.295 e. The molecule has 1 heterocycles. The first-order valence-corrected chi connectivity index (χ1v) is 6.35. The Morgan fingerprint density at radius 2 is 1.95 bits per heavy atom. The molecule has 0 saturated carbocycles. The summed E-state index contributed by atoms with van der Waals surface area (Å²) >= 11 is 0. The topological polar surface area (TPSA) is 68.1 Å². The van der Waals surface area contributed by atoms with Gasteiger partial charge in [0.05, 0.1) is 6.54 Å². The van der Waals surface area contributed by atoms with E-state index >= 15 is 0 Å². The van der Waals surface area contributed by atoms with Crippen LogP contribution in [0.2, 0.25) is 0 Å². The van der Waals surface area contributed by atoms with Gasteiger partial charge in [0, 0.05) is 19.2 Å². The van der Waals surface area contributed by atoms with Crippen molar-refractivity contribution < 1.29 is 9.59 Å². The SMILES string of the molecule is CCn1cnnc1CN(C)C(=O)C(=O)c1ccccc1. The van der Waals surface area contributed by atoms with Gasteiger partial charge in [-0.05, 0) is 6.92 Å². The third-order valence-corrected chi connectivity index (χ3v) is 2.99. The second kappa shape index (κ2) is 6.10. The summed E-state index contributed by atoms with van der Waals surface area (Å²) in [5.41, 5.74) is 0.390. The van der Waals surface area contributed by atoms with Crippen molar-refractivity contribution in [1.82, 2.24) is 19.7 Å². The number of aromatic nitrogens is 3. The number of hydrogen-bond acceptors (Lipinski definition) is 4. The van der Waals surface area contributed by atoms with E-state index in [1.807, 2.05) is 11.5 Å². The van der Waals surface area contributed by atoms with Gasteiger partial charge in [-0.2, -0.15) is 0 Å². The molecule has 0 atom stereocenters. The van der Waals surface area contributed by atoms with Crippen LogP contribution < -0.4 is 0 Å². The highest BCUT2D eigenvalue weighted by Crippen LogP contribution is 2.05. The van der Waals surface area contributed by atoms with E-state index < -0.39 is 11.7 Å². The first kappa shape index (κ1) is 13.9. The molecule has 0 unspecified atom stereocenters. The molecule has 6 heteroatoms. The first-order chi connectivity index (χ1) is 9.63. The predicted octanol–water partition coefficient (Wildman–Crippen LogP) is 1.14. The molecule has 0 bridgehead atoms. The molecule has 0 aliphatic rings. The Hall–Kier alpha value is -2.50. The second-order valence-electron chi connectivity index (χ2n) is 4.39. The zero-order chi connectivity index (χ0) is 14.5. The maximum atomic E-state index is 12.1. The van der Waals surface area contributed by atoms with Crippen molar-refractivity contribution in [2.24, 2.45) is 0 Å². The number of carbonyl (C=O) groups is 2. The maximum Gasteiger partial charge on any atom is 0.295 e. The Morgan fingerprint density at radius 1 is 1.25 bits per heavy atom. The van der Waals surface area contributed by atoms with Gasteiger partial charge < -0.3 is 9.47 Å². The number of ketones is 1. The molecule has 20 heavy (non-hydrogen) atoms. The van der Waals surface area contributed by atoms with E-state index in [1.54, 1.807) is 43.7 Å². The highest BCUT2D eigenvalue weighted by atomic mass is 16.2. The van der Waals surface area contributed by atoms with Crippen LogP contribution in [0.25, 0.3) is 0 Å². The molecule has 104 valence electrons. The molecule has 0 saturated heterocycles. The molecule has 1 aromatic carbocycles. The predicted molar refractivity (Wildman–Crippen MR) is 72.9 cm³/mol. The summed E-state index contributed by atoms with van der Waals surface area (Å²) in [5.74, 6) is -0.415. The number of benzene rings is 1. The minimum atomic E-state index is -0.554. The van der Waals surface area contributed by atoms with E-state index in [0.29, 0.717) is 11.4 Å². The van der Waals surface area contributed by atoms with Gasteiger partial charge in [-0.25, -0.2) is 0 Å². The Labute approximate surface area is 117 Å². The molecule has 1 aromatic heterocycles. The fourth-order valence-corrected chi connectivity index (χ4v) is 1.84. The van der Waals surface area contributed by atoms with Gasteiger partial charge in [-0.3, -0.25) is 9.59 Å². The third kappa shape index (κ3) is 2.90. The first-order valence-electron chi connectivity index (χ1n) is 6.35. The van der Waals surface area contributed by atoms with Crippen molar-refractivity contribution in [2.45, 2.75) is 20.0 Å². The summed E-state index contributed by atoms with van der Waals surface area (Å²) in [6, 6.07) is 8.52. The fourth-order valence-electron chi connectivity index (χ4n) is 1.84. The standard InChI is InChI=1S/C14H16N4O2/c1-3-18-10-15-16-12(18)9-17(2)14(20)13(19)11-7-5-4-6-8-11/h4-8,10H,3,9H2,1-2H3. The minimum absolute atomic E-state index is 0.255. The summed E-state index contributed by atoms with van der Waals surface area (Å²) in [7, 11) is 1.58. The van der Waals surface area contributed by atoms with Gasteiger partial charge in [0.1, 0.15) is 6.33 Å². The Morgan fingerprint density at radius 3 is 2.60 bits per heavy atom. The summed E-state index contributed by atoms with van der Waals surface area (Å²) in [4.78, 5) is 25.5. The molecule has 2 rings (SSSR count). The lowest BCUT2D eigenvalue weighted by Crippen LogP contribution is -2.33. The molecule has 0 spiro atoms. The summed E-state index contributed by atoms with van der Waals surface area (Å²) < 4.78 is 1.83. The highest BCUT2D eigenvalue weighted by molar-refractivity contribution is 6.42. The lowest BCUT2D eigenvalue weighted by molar-refractivity contribution is -0.125. The van der Waals surface area contributed by atoms with Crippen LogP contribution in [0.3, 0.4) is 0 Å². The number of rotatable bonds is 5. The van der Waals surface area contributed by atoms with E-state index in [4.69, 9.17) is 0 Å². The average Bonchev–Trinajstić information content (AvgIpc) is 2.93. The Bertz CT molecular complexity index is 607. The van der Waals surface area contributed by atoms with Crippen LogP contribution in [0, 0.1) is 0 Å². The van der Waals surface area contributed by atoms with Crippen LogP contribution in [-0.2, 0) is 17.9 Å². The molecular weight excluding hydrogens is 256 g/mol. The van der Waals surface area contributed by atoms with Crippen LogP contribution >= 0.6 is 0 Å². The van der Waals surface area contributed by atoms with Crippen LogP contribution in [0.4, 0.5) is 0 Å². The van der Waals surface area contributed by atoms with Crippen molar-refractivity contribution in [2.75, 3.05) is 7.05 Å². The van der Waals surface area contributed by atoms with E-state index in [1.165, 1.54) is 4.90 Å². The lowest BCUT2D eigenvalue weighted by Gasteiger charge is -2.16. The molecule has 0 aliphatic heterocycles. The lowest BCUT2D eigenvalue weighted by atomic mass is 10.1. The van der Waals surface area contributed by atoms with E-state index in [0.717, 1.165) is 6.54 Å². The quantitative estimate of drug-likeness (QED) is 0.604. The normalized spacial score (nSPS) is 10.3.